The predicted molar refractivity (Wildman–Crippen MR) is 143 cm³/mol. The fourth-order valence-electron chi connectivity index (χ4n) is 5.14. The van der Waals surface area contributed by atoms with E-state index in [1.165, 1.54) is 4.90 Å². The second-order valence-corrected chi connectivity index (χ2v) is 9.22. The number of para-hydroxylation sites is 1. The van der Waals surface area contributed by atoms with Crippen molar-refractivity contribution < 1.29 is 24.2 Å². The van der Waals surface area contributed by atoms with Crippen LogP contribution in [0.15, 0.2) is 72.4 Å². The van der Waals surface area contributed by atoms with Crippen LogP contribution in [0, 0.1) is 13.8 Å². The lowest BCUT2D eigenvalue weighted by Gasteiger charge is -2.25. The summed E-state index contributed by atoms with van der Waals surface area (Å²) < 4.78 is 12.7. The summed E-state index contributed by atoms with van der Waals surface area (Å²) in [6, 6.07) is 17.5. The molecule has 1 aromatic heterocycles. The van der Waals surface area contributed by atoms with E-state index in [9.17, 15) is 14.7 Å². The van der Waals surface area contributed by atoms with Crippen LogP contribution < -0.4 is 14.4 Å². The summed E-state index contributed by atoms with van der Waals surface area (Å²) in [6.07, 6.45) is 1.91. The number of rotatable bonds is 5. The van der Waals surface area contributed by atoms with E-state index in [2.05, 4.69) is 0 Å². The molecule has 1 aliphatic rings. The maximum Gasteiger partial charge on any atom is 0.300 e. The maximum absolute atomic E-state index is 13.6. The zero-order valence-corrected chi connectivity index (χ0v) is 21.4. The van der Waals surface area contributed by atoms with Gasteiger partial charge in [0.05, 0.1) is 25.8 Å². The minimum Gasteiger partial charge on any atom is -0.507 e. The molecule has 2 heterocycles. The van der Waals surface area contributed by atoms with Crippen LogP contribution in [0.5, 0.6) is 11.5 Å². The third kappa shape index (κ3) is 3.83. The van der Waals surface area contributed by atoms with Crippen molar-refractivity contribution in [2.45, 2.75) is 19.9 Å². The van der Waals surface area contributed by atoms with Crippen molar-refractivity contribution in [1.82, 2.24) is 4.57 Å². The lowest BCUT2D eigenvalue weighted by atomic mass is 9.92. The number of methoxy groups -OCH3 is 2. The highest BCUT2D eigenvalue weighted by atomic mass is 16.5. The molecular formula is C30H28N2O5. The third-order valence-corrected chi connectivity index (χ3v) is 7.01. The van der Waals surface area contributed by atoms with E-state index >= 15 is 0 Å². The number of anilines is 1. The Kier molecular flexibility index (Phi) is 5.99. The largest absolute Gasteiger partial charge is 0.507 e. The molecule has 1 N–H and O–H groups in total. The molecule has 37 heavy (non-hydrogen) atoms. The summed E-state index contributed by atoms with van der Waals surface area (Å²) in [5.74, 6) is -0.341. The van der Waals surface area contributed by atoms with Crippen LogP contribution in [-0.4, -0.2) is 35.6 Å². The van der Waals surface area contributed by atoms with Gasteiger partial charge >= 0.3 is 0 Å². The molecule has 0 saturated carbocycles. The van der Waals surface area contributed by atoms with Crippen LogP contribution in [0.25, 0.3) is 16.7 Å². The molecule has 1 aliphatic heterocycles. The Hall–Kier alpha value is -4.52. The van der Waals surface area contributed by atoms with E-state index in [1.54, 1.807) is 44.6 Å². The van der Waals surface area contributed by atoms with Crippen LogP contribution in [0.3, 0.4) is 0 Å². The van der Waals surface area contributed by atoms with Crippen molar-refractivity contribution in [1.29, 1.82) is 0 Å². The number of amides is 1. The van der Waals surface area contributed by atoms with Crippen molar-refractivity contribution in [3.8, 4) is 11.5 Å². The number of carbonyl (C=O) groups excluding carboxylic acids is 2. The first-order valence-corrected chi connectivity index (χ1v) is 11.9. The minimum absolute atomic E-state index is 0.0461. The van der Waals surface area contributed by atoms with Crippen molar-refractivity contribution in [3.05, 3.63) is 94.7 Å². The molecule has 1 atom stereocenters. The first-order valence-electron chi connectivity index (χ1n) is 11.9. The first-order chi connectivity index (χ1) is 17.8. The zero-order valence-electron chi connectivity index (χ0n) is 21.4. The normalized spacial score (nSPS) is 17.0. The number of ketones is 1. The highest BCUT2D eigenvalue weighted by Gasteiger charge is 2.48. The molecule has 1 fully saturated rings. The Balaban J connectivity index is 1.80. The fraction of sp³-hybridized carbons (Fsp3) is 0.200. The van der Waals surface area contributed by atoms with Gasteiger partial charge in [-0.25, -0.2) is 0 Å². The molecule has 7 heteroatoms. The summed E-state index contributed by atoms with van der Waals surface area (Å²) in [4.78, 5) is 28.6. The number of hydrogen-bond donors (Lipinski definition) is 1. The standard InChI is InChI=1S/C30H28N2O5/c1-17-15-25(37-5)18(2)14-22(17)28(33)26-27(23-16-31(3)24-9-7-6-8-21(23)24)32(30(35)29(26)34)19-10-12-20(36-4)13-11-19/h6-16,27,33H,1-5H3/b28-26+. The Labute approximate surface area is 215 Å². The SMILES string of the molecule is COc1ccc(N2C(=O)C(=O)/C(=C(/O)c3cc(C)c(OC)cc3C)C2c2cn(C)c3ccccc23)cc1. The van der Waals surface area contributed by atoms with Crippen LogP contribution in [0.4, 0.5) is 5.69 Å². The van der Waals surface area contributed by atoms with Crippen LogP contribution in [0.1, 0.15) is 28.3 Å². The molecule has 5 rings (SSSR count). The number of carbonyl (C=O) groups is 2. The van der Waals surface area contributed by atoms with Gasteiger partial charge in [-0.05, 0) is 67.4 Å². The number of benzene rings is 3. The van der Waals surface area contributed by atoms with Gasteiger partial charge in [-0.1, -0.05) is 18.2 Å². The van der Waals surface area contributed by atoms with Gasteiger partial charge in [-0.3, -0.25) is 14.5 Å². The Bertz CT molecular complexity index is 1580. The number of aromatic nitrogens is 1. The van der Waals surface area contributed by atoms with Gasteiger partial charge < -0.3 is 19.1 Å². The van der Waals surface area contributed by atoms with Gasteiger partial charge in [0.2, 0.25) is 0 Å². The molecule has 188 valence electrons. The molecule has 1 saturated heterocycles. The van der Waals surface area contributed by atoms with E-state index < -0.39 is 17.7 Å². The maximum atomic E-state index is 13.6. The van der Waals surface area contributed by atoms with E-state index in [0.717, 1.165) is 27.6 Å². The molecular weight excluding hydrogens is 468 g/mol. The summed E-state index contributed by atoms with van der Waals surface area (Å²) in [5, 5.41) is 12.5. The van der Waals surface area contributed by atoms with Gasteiger partial charge in [0.1, 0.15) is 17.3 Å². The van der Waals surface area contributed by atoms with E-state index in [-0.39, 0.29) is 11.3 Å². The van der Waals surface area contributed by atoms with Gasteiger partial charge in [-0.15, -0.1) is 0 Å². The Morgan fingerprint density at radius 1 is 0.919 bits per heavy atom. The highest BCUT2D eigenvalue weighted by Crippen LogP contribution is 2.45. The summed E-state index contributed by atoms with van der Waals surface area (Å²) in [7, 11) is 5.07. The monoisotopic (exact) mass is 496 g/mol. The van der Waals surface area contributed by atoms with Crippen molar-refractivity contribution in [3.63, 3.8) is 0 Å². The number of ether oxygens (including phenoxy) is 2. The number of aliphatic hydroxyl groups is 1. The molecule has 1 amide bonds. The molecule has 7 nitrogen and oxygen atoms in total. The smallest absolute Gasteiger partial charge is 0.300 e. The average Bonchev–Trinajstić information content (AvgIpc) is 3.38. The lowest BCUT2D eigenvalue weighted by Crippen LogP contribution is -2.29. The number of Topliss-reactive ketones (excluding diaryl/α,β-unsaturated/α-hetero) is 1. The molecule has 4 aromatic rings. The van der Waals surface area contributed by atoms with Crippen molar-refractivity contribution in [2.75, 3.05) is 19.1 Å². The first kappa shape index (κ1) is 24.2. The Morgan fingerprint density at radius 2 is 1.62 bits per heavy atom. The zero-order chi connectivity index (χ0) is 26.4. The Morgan fingerprint density at radius 3 is 2.30 bits per heavy atom. The second-order valence-electron chi connectivity index (χ2n) is 9.22. The molecule has 3 aromatic carbocycles. The number of aliphatic hydroxyl groups excluding tert-OH is 1. The van der Waals surface area contributed by atoms with E-state index in [0.29, 0.717) is 22.7 Å². The van der Waals surface area contributed by atoms with Crippen LogP contribution in [-0.2, 0) is 16.6 Å². The van der Waals surface area contributed by atoms with Gasteiger partial charge in [0.25, 0.3) is 11.7 Å². The van der Waals surface area contributed by atoms with E-state index in [4.69, 9.17) is 9.47 Å². The average molecular weight is 497 g/mol. The second kappa shape index (κ2) is 9.17. The number of hydrogen-bond acceptors (Lipinski definition) is 5. The lowest BCUT2D eigenvalue weighted by molar-refractivity contribution is -0.132. The predicted octanol–water partition coefficient (Wildman–Crippen LogP) is 5.44. The molecule has 1 unspecified atom stereocenters. The summed E-state index contributed by atoms with van der Waals surface area (Å²) >= 11 is 0. The third-order valence-electron chi connectivity index (χ3n) is 7.01. The number of nitrogens with zero attached hydrogens (tertiary/aromatic N) is 2. The quantitative estimate of drug-likeness (QED) is 0.226. The van der Waals surface area contributed by atoms with Gasteiger partial charge in [0.15, 0.2) is 0 Å². The molecule has 0 aliphatic carbocycles. The number of fused-ring (bicyclic) bond motifs is 1. The summed E-state index contributed by atoms with van der Waals surface area (Å²) in [5.41, 5.74) is 4.29. The van der Waals surface area contributed by atoms with Crippen LogP contribution >= 0.6 is 0 Å². The highest BCUT2D eigenvalue weighted by molar-refractivity contribution is 6.52. The van der Waals surface area contributed by atoms with Gasteiger partial charge in [-0.2, -0.15) is 0 Å². The molecule has 0 bridgehead atoms. The number of aryl methyl sites for hydroxylation is 3. The molecule has 0 radical (unpaired) electrons. The van der Waals surface area contributed by atoms with Crippen molar-refractivity contribution in [2.24, 2.45) is 7.05 Å². The topological polar surface area (TPSA) is 81.0 Å². The van der Waals surface area contributed by atoms with Crippen LogP contribution in [0.2, 0.25) is 0 Å². The minimum atomic E-state index is -0.832. The molecule has 0 spiro atoms. The van der Waals surface area contributed by atoms with Gasteiger partial charge in [0, 0.05) is 41.0 Å². The summed E-state index contributed by atoms with van der Waals surface area (Å²) in [6.45, 7) is 3.71. The fourth-order valence-corrected chi connectivity index (χ4v) is 5.14. The van der Waals surface area contributed by atoms with Crippen molar-refractivity contribution >= 4 is 34.0 Å². The van der Waals surface area contributed by atoms with E-state index in [1.807, 2.05) is 62.0 Å².